The lowest BCUT2D eigenvalue weighted by Gasteiger charge is -2.06. The maximum atomic E-state index is 11.8. The summed E-state index contributed by atoms with van der Waals surface area (Å²) >= 11 is 0. The maximum Gasteiger partial charge on any atom is 0.233 e. The van der Waals surface area contributed by atoms with Crippen molar-refractivity contribution in [2.75, 3.05) is 13.2 Å². The molecule has 0 atom stereocenters. The minimum absolute atomic E-state index is 0.342. The van der Waals surface area contributed by atoms with E-state index in [1.54, 1.807) is 6.08 Å². The second kappa shape index (κ2) is 8.36. The molecule has 0 unspecified atom stereocenters. The molecule has 5 heteroatoms. The van der Waals surface area contributed by atoms with E-state index >= 15 is 0 Å². The lowest BCUT2D eigenvalue weighted by atomic mass is 10.2. The summed E-state index contributed by atoms with van der Waals surface area (Å²) in [4.78, 5) is 0. The van der Waals surface area contributed by atoms with Crippen LogP contribution in [0.1, 0.15) is 12.0 Å². The molecule has 0 radical (unpaired) electrons. The van der Waals surface area contributed by atoms with Gasteiger partial charge in [-0.25, -0.2) is 13.1 Å². The lowest BCUT2D eigenvalue weighted by molar-refractivity contribution is 0.311. The first-order valence-electron chi connectivity index (χ1n) is 7.06. The van der Waals surface area contributed by atoms with Gasteiger partial charge in [-0.15, -0.1) is 0 Å². The van der Waals surface area contributed by atoms with Crippen LogP contribution in [0.5, 0.6) is 5.75 Å². The molecule has 0 aliphatic rings. The average molecular weight is 317 g/mol. The van der Waals surface area contributed by atoms with Gasteiger partial charge in [-0.3, -0.25) is 0 Å². The monoisotopic (exact) mass is 317 g/mol. The number of ether oxygens (including phenoxy) is 1. The average Bonchev–Trinajstić information content (AvgIpc) is 2.55. The molecule has 116 valence electrons. The zero-order valence-electron chi connectivity index (χ0n) is 12.2. The first-order chi connectivity index (χ1) is 10.7. The molecule has 0 saturated carbocycles. The van der Waals surface area contributed by atoms with E-state index < -0.39 is 10.0 Å². The summed E-state index contributed by atoms with van der Waals surface area (Å²) in [6, 6.07) is 18.7. The van der Waals surface area contributed by atoms with Crippen LogP contribution in [0.4, 0.5) is 0 Å². The molecule has 22 heavy (non-hydrogen) atoms. The highest BCUT2D eigenvalue weighted by Gasteiger charge is 2.03. The second-order valence-electron chi connectivity index (χ2n) is 4.67. The molecule has 4 nitrogen and oxygen atoms in total. The molecule has 2 aromatic carbocycles. The molecule has 0 aromatic heterocycles. The third kappa shape index (κ3) is 6.11. The molecular formula is C17H19NO3S. The maximum absolute atomic E-state index is 11.8. The van der Waals surface area contributed by atoms with E-state index in [0.29, 0.717) is 19.6 Å². The minimum Gasteiger partial charge on any atom is -0.494 e. The Morgan fingerprint density at radius 2 is 1.59 bits per heavy atom. The largest absolute Gasteiger partial charge is 0.494 e. The van der Waals surface area contributed by atoms with Crippen LogP contribution >= 0.6 is 0 Å². The van der Waals surface area contributed by atoms with Crippen molar-refractivity contribution >= 4 is 16.1 Å². The minimum atomic E-state index is -3.41. The lowest BCUT2D eigenvalue weighted by Crippen LogP contribution is -2.23. The third-order valence-electron chi connectivity index (χ3n) is 2.88. The Hall–Kier alpha value is -2.11. The highest BCUT2D eigenvalue weighted by molar-refractivity contribution is 7.92. The van der Waals surface area contributed by atoms with Gasteiger partial charge in [-0.2, -0.15) is 0 Å². The number of nitrogens with one attached hydrogen (secondary N) is 1. The molecule has 0 aliphatic carbocycles. The van der Waals surface area contributed by atoms with Gasteiger partial charge >= 0.3 is 0 Å². The van der Waals surface area contributed by atoms with Crippen molar-refractivity contribution in [2.24, 2.45) is 0 Å². The summed E-state index contributed by atoms with van der Waals surface area (Å²) in [6.45, 7) is 0.809. The molecule has 0 bridgehead atoms. The molecule has 0 amide bonds. The van der Waals surface area contributed by atoms with Gasteiger partial charge in [0, 0.05) is 12.0 Å². The highest BCUT2D eigenvalue weighted by atomic mass is 32.2. The van der Waals surface area contributed by atoms with Crippen molar-refractivity contribution in [1.29, 1.82) is 0 Å². The zero-order valence-corrected chi connectivity index (χ0v) is 13.0. The molecule has 2 aromatic rings. The number of rotatable bonds is 8. The molecule has 0 spiro atoms. The summed E-state index contributed by atoms with van der Waals surface area (Å²) in [6.07, 6.45) is 2.18. The fourth-order valence-electron chi connectivity index (χ4n) is 1.77. The molecular weight excluding hydrogens is 298 g/mol. The van der Waals surface area contributed by atoms with Gasteiger partial charge < -0.3 is 4.74 Å². The number of para-hydroxylation sites is 1. The van der Waals surface area contributed by atoms with E-state index in [0.717, 1.165) is 11.3 Å². The summed E-state index contributed by atoms with van der Waals surface area (Å²) in [5, 5.41) is 1.18. The predicted octanol–water partition coefficient (Wildman–Crippen LogP) is 3.05. The van der Waals surface area contributed by atoms with Gasteiger partial charge in [-0.1, -0.05) is 48.5 Å². The van der Waals surface area contributed by atoms with E-state index in [-0.39, 0.29) is 0 Å². The summed E-state index contributed by atoms with van der Waals surface area (Å²) < 4.78 is 31.6. The van der Waals surface area contributed by atoms with Crippen LogP contribution in [0.2, 0.25) is 0 Å². The van der Waals surface area contributed by atoms with Crippen LogP contribution in [0.15, 0.2) is 66.1 Å². The number of sulfonamides is 1. The molecule has 0 saturated heterocycles. The highest BCUT2D eigenvalue weighted by Crippen LogP contribution is 2.08. The van der Waals surface area contributed by atoms with Crippen molar-refractivity contribution in [3.63, 3.8) is 0 Å². The standard InChI is InChI=1S/C17H19NO3S/c19-22(20,15-12-16-8-3-1-4-9-16)18-13-7-14-21-17-10-5-2-6-11-17/h1-6,8-12,15,18H,7,13-14H2. The first-order valence-corrected chi connectivity index (χ1v) is 8.61. The van der Waals surface area contributed by atoms with Crippen molar-refractivity contribution in [3.8, 4) is 5.75 Å². The van der Waals surface area contributed by atoms with Gasteiger partial charge in [0.2, 0.25) is 10.0 Å². The van der Waals surface area contributed by atoms with E-state index in [2.05, 4.69) is 4.72 Å². The Kier molecular flexibility index (Phi) is 6.18. The fraction of sp³-hybridized carbons (Fsp3) is 0.176. The van der Waals surface area contributed by atoms with Gasteiger partial charge in [-0.05, 0) is 30.2 Å². The Morgan fingerprint density at radius 1 is 0.955 bits per heavy atom. The Balaban J connectivity index is 1.70. The van der Waals surface area contributed by atoms with Crippen molar-refractivity contribution in [1.82, 2.24) is 4.72 Å². The molecule has 2 rings (SSSR count). The first kappa shape index (κ1) is 16.3. The number of hydrogen-bond donors (Lipinski definition) is 1. The Bertz CT molecular complexity index is 682. The van der Waals surface area contributed by atoms with Gasteiger partial charge in [0.25, 0.3) is 0 Å². The molecule has 0 aliphatic heterocycles. The smallest absolute Gasteiger partial charge is 0.233 e. The van der Waals surface area contributed by atoms with Crippen LogP contribution in [0, 0.1) is 0 Å². The Labute approximate surface area is 131 Å². The van der Waals surface area contributed by atoms with Crippen LogP contribution in [-0.4, -0.2) is 21.6 Å². The van der Waals surface area contributed by atoms with Gasteiger partial charge in [0.05, 0.1) is 6.61 Å². The second-order valence-corrected chi connectivity index (χ2v) is 6.32. The molecule has 0 heterocycles. The van der Waals surface area contributed by atoms with Crippen LogP contribution in [-0.2, 0) is 10.0 Å². The Morgan fingerprint density at radius 3 is 2.27 bits per heavy atom. The van der Waals surface area contributed by atoms with Crippen molar-refractivity contribution in [2.45, 2.75) is 6.42 Å². The van der Waals surface area contributed by atoms with E-state index in [1.165, 1.54) is 5.41 Å². The van der Waals surface area contributed by atoms with Gasteiger partial charge in [0.1, 0.15) is 5.75 Å². The SMILES string of the molecule is O=S(=O)(C=Cc1ccccc1)NCCCOc1ccccc1. The van der Waals surface area contributed by atoms with E-state index in [1.807, 2.05) is 60.7 Å². The van der Waals surface area contributed by atoms with Crippen LogP contribution in [0.25, 0.3) is 6.08 Å². The van der Waals surface area contributed by atoms with E-state index in [4.69, 9.17) is 4.74 Å². The molecule has 0 fully saturated rings. The summed E-state index contributed by atoms with van der Waals surface area (Å²) in [5.41, 5.74) is 0.847. The third-order valence-corrected chi connectivity index (χ3v) is 3.98. The summed E-state index contributed by atoms with van der Waals surface area (Å²) in [7, 11) is -3.41. The zero-order chi connectivity index (χ0) is 15.7. The van der Waals surface area contributed by atoms with Crippen molar-refractivity contribution in [3.05, 3.63) is 71.6 Å². The number of benzene rings is 2. The van der Waals surface area contributed by atoms with Crippen LogP contribution < -0.4 is 9.46 Å². The normalized spacial score (nSPS) is 11.6. The van der Waals surface area contributed by atoms with Gasteiger partial charge in [0.15, 0.2) is 0 Å². The van der Waals surface area contributed by atoms with Crippen molar-refractivity contribution < 1.29 is 13.2 Å². The fourth-order valence-corrected chi connectivity index (χ4v) is 2.64. The topological polar surface area (TPSA) is 55.4 Å². The summed E-state index contributed by atoms with van der Waals surface area (Å²) in [5.74, 6) is 0.786. The quantitative estimate of drug-likeness (QED) is 0.761. The molecule has 1 N–H and O–H groups in total. The van der Waals surface area contributed by atoms with E-state index in [9.17, 15) is 8.42 Å². The van der Waals surface area contributed by atoms with Crippen LogP contribution in [0.3, 0.4) is 0 Å². The predicted molar refractivity (Wildman–Crippen MR) is 89.0 cm³/mol. The number of hydrogen-bond acceptors (Lipinski definition) is 3.